The predicted molar refractivity (Wildman–Crippen MR) is 65.6 cm³/mol. The molecule has 1 saturated heterocycles. The Morgan fingerprint density at radius 1 is 1.26 bits per heavy atom. The van der Waals surface area contributed by atoms with E-state index < -0.39 is 12.0 Å². The van der Waals surface area contributed by atoms with Crippen molar-refractivity contribution in [3.05, 3.63) is 23.8 Å². The molecule has 1 aromatic rings. The summed E-state index contributed by atoms with van der Waals surface area (Å²) in [5.41, 5.74) is 0.959. The highest BCUT2D eigenvalue weighted by Crippen LogP contribution is 2.33. The van der Waals surface area contributed by atoms with Crippen molar-refractivity contribution < 1.29 is 24.1 Å². The molecule has 3 rings (SSSR count). The van der Waals surface area contributed by atoms with E-state index in [1.165, 1.54) is 0 Å². The van der Waals surface area contributed by atoms with E-state index in [9.17, 15) is 4.79 Å². The van der Waals surface area contributed by atoms with Crippen LogP contribution in [0.2, 0.25) is 0 Å². The molecule has 0 aromatic heterocycles. The lowest BCUT2D eigenvalue weighted by atomic mass is 10.1. The number of ether oxygens (including phenoxy) is 3. The van der Waals surface area contributed by atoms with Gasteiger partial charge in [0.1, 0.15) is 19.3 Å². The molecule has 2 heterocycles. The van der Waals surface area contributed by atoms with Crippen LogP contribution in [0.1, 0.15) is 11.7 Å². The summed E-state index contributed by atoms with van der Waals surface area (Å²) in [4.78, 5) is 10.8. The lowest BCUT2D eigenvalue weighted by Gasteiger charge is -2.29. The van der Waals surface area contributed by atoms with Crippen LogP contribution >= 0.6 is 0 Å². The van der Waals surface area contributed by atoms with Crippen LogP contribution in [-0.4, -0.2) is 43.5 Å². The number of carbonyl (C=O) groups is 1. The summed E-state index contributed by atoms with van der Waals surface area (Å²) in [5.74, 6) is 0.565. The summed E-state index contributed by atoms with van der Waals surface area (Å²) >= 11 is 0. The van der Waals surface area contributed by atoms with Gasteiger partial charge in [0.15, 0.2) is 11.5 Å². The minimum atomic E-state index is -0.888. The normalized spacial score (nSPS) is 25.9. The minimum Gasteiger partial charge on any atom is -0.486 e. The van der Waals surface area contributed by atoms with E-state index in [1.807, 2.05) is 18.2 Å². The van der Waals surface area contributed by atoms with Gasteiger partial charge in [0.05, 0.1) is 12.7 Å². The van der Waals surface area contributed by atoms with Gasteiger partial charge in [-0.2, -0.15) is 0 Å². The highest BCUT2D eigenvalue weighted by atomic mass is 16.6. The van der Waals surface area contributed by atoms with Crippen LogP contribution in [0.5, 0.6) is 11.5 Å². The molecular formula is C13H15NO5. The third-order valence-corrected chi connectivity index (χ3v) is 3.25. The van der Waals surface area contributed by atoms with E-state index in [0.717, 1.165) is 11.3 Å². The number of fused-ring (bicyclic) bond motifs is 1. The number of hydrogen-bond donors (Lipinski definition) is 2. The zero-order chi connectivity index (χ0) is 13.2. The van der Waals surface area contributed by atoms with E-state index >= 15 is 0 Å². The van der Waals surface area contributed by atoms with Gasteiger partial charge in [-0.15, -0.1) is 0 Å². The van der Waals surface area contributed by atoms with Gasteiger partial charge in [0.25, 0.3) is 0 Å². The second-order valence-electron chi connectivity index (χ2n) is 4.52. The molecule has 0 amide bonds. The van der Waals surface area contributed by atoms with Crippen molar-refractivity contribution in [2.24, 2.45) is 0 Å². The van der Waals surface area contributed by atoms with E-state index in [2.05, 4.69) is 5.32 Å². The predicted octanol–water partition coefficient (Wildman–Crippen LogP) is 0.572. The van der Waals surface area contributed by atoms with E-state index in [-0.39, 0.29) is 12.7 Å². The first-order chi connectivity index (χ1) is 9.24. The molecule has 0 saturated carbocycles. The average molecular weight is 265 g/mol. The van der Waals surface area contributed by atoms with Crippen molar-refractivity contribution in [3.63, 3.8) is 0 Å². The van der Waals surface area contributed by atoms with Crippen molar-refractivity contribution in [1.82, 2.24) is 5.32 Å². The van der Waals surface area contributed by atoms with E-state index in [4.69, 9.17) is 19.3 Å². The Labute approximate surface area is 110 Å². The fourth-order valence-corrected chi connectivity index (χ4v) is 2.21. The van der Waals surface area contributed by atoms with Crippen molar-refractivity contribution in [2.45, 2.75) is 12.1 Å². The Morgan fingerprint density at radius 3 is 2.74 bits per heavy atom. The second kappa shape index (κ2) is 5.07. The first kappa shape index (κ1) is 12.3. The molecule has 2 atom stereocenters. The molecule has 2 unspecified atom stereocenters. The molecule has 2 aliphatic rings. The van der Waals surface area contributed by atoms with Crippen molar-refractivity contribution in [2.75, 3.05) is 26.4 Å². The average Bonchev–Trinajstić information content (AvgIpc) is 2.47. The highest BCUT2D eigenvalue weighted by molar-refractivity contribution is 5.73. The number of hydrogen-bond acceptors (Lipinski definition) is 5. The van der Waals surface area contributed by atoms with Crippen LogP contribution in [0.15, 0.2) is 18.2 Å². The summed E-state index contributed by atoms with van der Waals surface area (Å²) in [6, 6.07) is 5.03. The maximum Gasteiger partial charge on any atom is 0.323 e. The van der Waals surface area contributed by atoms with Crippen molar-refractivity contribution >= 4 is 5.97 Å². The Morgan fingerprint density at radius 2 is 2.05 bits per heavy atom. The van der Waals surface area contributed by atoms with Gasteiger partial charge < -0.3 is 19.3 Å². The van der Waals surface area contributed by atoms with Crippen LogP contribution in [0.4, 0.5) is 0 Å². The standard InChI is InChI=1S/C13H15NO5/c15-13(16)9-7-19-12(6-14-9)8-1-2-10-11(5-8)18-4-3-17-10/h1-2,5,9,12,14H,3-4,6-7H2,(H,15,16). The molecule has 102 valence electrons. The van der Waals surface area contributed by atoms with Crippen molar-refractivity contribution in [3.8, 4) is 11.5 Å². The molecule has 2 N–H and O–H groups in total. The molecule has 2 aliphatic heterocycles. The molecule has 0 bridgehead atoms. The highest BCUT2D eigenvalue weighted by Gasteiger charge is 2.27. The zero-order valence-electron chi connectivity index (χ0n) is 10.3. The van der Waals surface area contributed by atoms with Gasteiger partial charge in [-0.05, 0) is 17.7 Å². The maximum absolute atomic E-state index is 10.8. The van der Waals surface area contributed by atoms with E-state index in [0.29, 0.717) is 25.5 Å². The third-order valence-electron chi connectivity index (χ3n) is 3.25. The van der Waals surface area contributed by atoms with Gasteiger partial charge in [0.2, 0.25) is 0 Å². The Hall–Kier alpha value is -1.79. The van der Waals surface area contributed by atoms with Gasteiger partial charge in [-0.3, -0.25) is 10.1 Å². The van der Waals surface area contributed by atoms with Crippen LogP contribution in [0.25, 0.3) is 0 Å². The van der Waals surface area contributed by atoms with Crippen LogP contribution in [0.3, 0.4) is 0 Å². The number of morpholine rings is 1. The molecule has 1 fully saturated rings. The number of aliphatic carboxylic acids is 1. The largest absolute Gasteiger partial charge is 0.486 e. The van der Waals surface area contributed by atoms with Crippen LogP contribution < -0.4 is 14.8 Å². The first-order valence-corrected chi connectivity index (χ1v) is 6.21. The summed E-state index contributed by atoms with van der Waals surface area (Å²) in [5, 5.41) is 11.8. The summed E-state index contributed by atoms with van der Waals surface area (Å²) < 4.78 is 16.6. The Bertz CT molecular complexity index is 482. The summed E-state index contributed by atoms with van der Waals surface area (Å²) in [6.45, 7) is 1.74. The van der Waals surface area contributed by atoms with Gasteiger partial charge in [0, 0.05) is 6.54 Å². The van der Waals surface area contributed by atoms with Crippen LogP contribution in [0, 0.1) is 0 Å². The van der Waals surface area contributed by atoms with Gasteiger partial charge in [-0.25, -0.2) is 0 Å². The molecule has 6 nitrogen and oxygen atoms in total. The molecule has 0 aliphatic carbocycles. The van der Waals surface area contributed by atoms with E-state index in [1.54, 1.807) is 0 Å². The SMILES string of the molecule is O=C(O)C1COC(c2ccc3c(c2)OCCO3)CN1. The smallest absolute Gasteiger partial charge is 0.323 e. The zero-order valence-corrected chi connectivity index (χ0v) is 10.3. The third kappa shape index (κ3) is 2.50. The molecule has 0 spiro atoms. The Kier molecular flexibility index (Phi) is 3.27. The minimum absolute atomic E-state index is 0.161. The number of carboxylic acids is 1. The molecule has 1 aromatic carbocycles. The topological polar surface area (TPSA) is 77.0 Å². The molecule has 19 heavy (non-hydrogen) atoms. The number of nitrogens with one attached hydrogen (secondary N) is 1. The Balaban J connectivity index is 1.71. The second-order valence-corrected chi connectivity index (χ2v) is 4.52. The molecule has 6 heteroatoms. The lowest BCUT2D eigenvalue weighted by Crippen LogP contribution is -2.47. The number of carboxylic acid groups (broad SMARTS) is 1. The monoisotopic (exact) mass is 265 g/mol. The maximum atomic E-state index is 10.8. The number of benzene rings is 1. The first-order valence-electron chi connectivity index (χ1n) is 6.21. The van der Waals surface area contributed by atoms with Gasteiger partial charge in [-0.1, -0.05) is 6.07 Å². The molecular weight excluding hydrogens is 250 g/mol. The van der Waals surface area contributed by atoms with Crippen LogP contribution in [-0.2, 0) is 9.53 Å². The fourth-order valence-electron chi connectivity index (χ4n) is 2.21. The fraction of sp³-hybridized carbons (Fsp3) is 0.462. The van der Waals surface area contributed by atoms with Gasteiger partial charge >= 0.3 is 5.97 Å². The summed E-state index contributed by atoms with van der Waals surface area (Å²) in [6.07, 6.45) is -0.161. The summed E-state index contributed by atoms with van der Waals surface area (Å²) in [7, 11) is 0. The lowest BCUT2D eigenvalue weighted by molar-refractivity contribution is -0.144. The van der Waals surface area contributed by atoms with Crippen molar-refractivity contribution in [1.29, 1.82) is 0 Å². The number of rotatable bonds is 2. The molecule has 0 radical (unpaired) electrons. The quantitative estimate of drug-likeness (QED) is 0.814.